The average Bonchev–Trinajstić information content (AvgIpc) is 2.50. The second-order valence-corrected chi connectivity index (χ2v) is 5.31. The maximum Gasteiger partial charge on any atom is 0.0676 e. The summed E-state index contributed by atoms with van der Waals surface area (Å²) >= 11 is 6.29. The highest BCUT2D eigenvalue weighted by Crippen LogP contribution is 2.29. The van der Waals surface area contributed by atoms with Crippen molar-refractivity contribution in [3.63, 3.8) is 0 Å². The monoisotopic (exact) mass is 288 g/mol. The summed E-state index contributed by atoms with van der Waals surface area (Å²) in [6, 6.07) is 16.6. The molecule has 2 N–H and O–H groups in total. The number of hydrogen-bond donors (Lipinski definition) is 1. The molecule has 0 aliphatic carbocycles. The molecule has 0 radical (unpaired) electrons. The van der Waals surface area contributed by atoms with Crippen LogP contribution >= 0.6 is 11.6 Å². The molecule has 2 aromatic rings. The molecule has 0 saturated heterocycles. The van der Waals surface area contributed by atoms with Gasteiger partial charge in [0.05, 0.1) is 6.04 Å². The van der Waals surface area contributed by atoms with Gasteiger partial charge in [0.15, 0.2) is 0 Å². The largest absolute Gasteiger partial charge is 0.366 e. The lowest BCUT2D eigenvalue weighted by atomic mass is 10.0. The number of aryl methyl sites for hydroxylation is 1. The van der Waals surface area contributed by atoms with Gasteiger partial charge in [-0.15, -0.1) is 0 Å². The molecule has 0 amide bonds. The summed E-state index contributed by atoms with van der Waals surface area (Å²) in [6.45, 7) is 2.68. The predicted octanol–water partition coefficient (Wildman–Crippen LogP) is 4.04. The van der Waals surface area contributed by atoms with Gasteiger partial charge in [0.1, 0.15) is 0 Å². The number of rotatable bonds is 5. The average molecular weight is 289 g/mol. The van der Waals surface area contributed by atoms with Gasteiger partial charge in [-0.2, -0.15) is 0 Å². The van der Waals surface area contributed by atoms with Crippen LogP contribution in [0.1, 0.15) is 24.1 Å². The molecule has 1 atom stereocenters. The highest BCUT2D eigenvalue weighted by molar-refractivity contribution is 6.31. The third-order valence-electron chi connectivity index (χ3n) is 3.71. The molecule has 0 bridgehead atoms. The molecule has 0 aliphatic heterocycles. The minimum absolute atomic E-state index is 0.0798. The second kappa shape index (κ2) is 6.78. The number of nitrogens with two attached hydrogens (primary N) is 1. The number of halogens is 1. The lowest BCUT2D eigenvalue weighted by Crippen LogP contribution is -2.30. The van der Waals surface area contributed by atoms with Gasteiger partial charge in [-0.3, -0.25) is 0 Å². The third-order valence-corrected chi connectivity index (χ3v) is 4.05. The van der Waals surface area contributed by atoms with Crippen LogP contribution in [0.5, 0.6) is 0 Å². The van der Waals surface area contributed by atoms with Crippen LogP contribution in [0.2, 0.25) is 5.02 Å². The molecule has 0 fully saturated rings. The van der Waals surface area contributed by atoms with Crippen molar-refractivity contribution in [3.05, 3.63) is 64.7 Å². The molecule has 0 aromatic heterocycles. The molecule has 2 nitrogen and oxygen atoms in total. The van der Waals surface area contributed by atoms with Crippen molar-refractivity contribution in [1.82, 2.24) is 0 Å². The molecule has 3 heteroatoms. The number of benzene rings is 2. The van der Waals surface area contributed by atoms with E-state index < -0.39 is 0 Å². The molecule has 0 heterocycles. The van der Waals surface area contributed by atoms with E-state index in [9.17, 15) is 0 Å². The molecule has 0 saturated carbocycles. The van der Waals surface area contributed by atoms with E-state index in [1.54, 1.807) is 0 Å². The fourth-order valence-electron chi connectivity index (χ4n) is 2.39. The lowest BCUT2D eigenvalue weighted by molar-refractivity contribution is 0.681. The lowest BCUT2D eigenvalue weighted by Gasteiger charge is -2.30. The Balaban J connectivity index is 2.28. The maximum atomic E-state index is 6.29. The minimum atomic E-state index is 0.0798. The Morgan fingerprint density at radius 3 is 2.30 bits per heavy atom. The molecule has 106 valence electrons. The molecular formula is C17H21ClN2. The third kappa shape index (κ3) is 3.14. The maximum absolute atomic E-state index is 6.29. The van der Waals surface area contributed by atoms with Crippen LogP contribution in [0.4, 0.5) is 5.69 Å². The first-order valence-electron chi connectivity index (χ1n) is 6.93. The van der Waals surface area contributed by atoms with Crippen molar-refractivity contribution in [2.75, 3.05) is 18.5 Å². The summed E-state index contributed by atoms with van der Waals surface area (Å²) in [7, 11) is 2.06. The Kier molecular flexibility index (Phi) is 5.05. The SMILES string of the molecule is CCc1ccc(N(C)C(CN)c2ccccc2Cl)cc1. The highest BCUT2D eigenvalue weighted by atomic mass is 35.5. The van der Waals surface area contributed by atoms with Gasteiger partial charge in [-0.25, -0.2) is 0 Å². The van der Waals surface area contributed by atoms with E-state index >= 15 is 0 Å². The zero-order chi connectivity index (χ0) is 14.5. The zero-order valence-electron chi connectivity index (χ0n) is 12.0. The van der Waals surface area contributed by atoms with E-state index in [4.69, 9.17) is 17.3 Å². The van der Waals surface area contributed by atoms with Crippen molar-refractivity contribution in [2.45, 2.75) is 19.4 Å². The van der Waals surface area contributed by atoms with Gasteiger partial charge in [0.25, 0.3) is 0 Å². The van der Waals surface area contributed by atoms with Crippen LogP contribution in [0, 0.1) is 0 Å². The Hall–Kier alpha value is -1.51. The van der Waals surface area contributed by atoms with Crippen LogP contribution in [0.25, 0.3) is 0 Å². The van der Waals surface area contributed by atoms with Crippen molar-refractivity contribution in [1.29, 1.82) is 0 Å². The smallest absolute Gasteiger partial charge is 0.0676 e. The molecule has 20 heavy (non-hydrogen) atoms. The first-order valence-corrected chi connectivity index (χ1v) is 7.31. The topological polar surface area (TPSA) is 29.3 Å². The molecule has 0 spiro atoms. The Labute approximate surface area is 126 Å². The highest BCUT2D eigenvalue weighted by Gasteiger charge is 2.18. The van der Waals surface area contributed by atoms with Crippen molar-refractivity contribution >= 4 is 17.3 Å². The fraction of sp³-hybridized carbons (Fsp3) is 0.294. The molecule has 2 rings (SSSR count). The summed E-state index contributed by atoms with van der Waals surface area (Å²) in [5.41, 5.74) is 9.52. The summed E-state index contributed by atoms with van der Waals surface area (Å²) in [6.07, 6.45) is 1.05. The normalized spacial score (nSPS) is 12.2. The van der Waals surface area contributed by atoms with Crippen LogP contribution in [0.15, 0.2) is 48.5 Å². The van der Waals surface area contributed by atoms with Crippen molar-refractivity contribution in [3.8, 4) is 0 Å². The van der Waals surface area contributed by atoms with Gasteiger partial charge in [0, 0.05) is 24.3 Å². The number of likely N-dealkylation sites (N-methyl/N-ethyl adjacent to an activating group) is 1. The standard InChI is InChI=1S/C17H21ClN2/c1-3-13-8-10-14(11-9-13)20(2)17(12-19)15-6-4-5-7-16(15)18/h4-11,17H,3,12,19H2,1-2H3. The van der Waals surface area contributed by atoms with Crippen molar-refractivity contribution in [2.24, 2.45) is 5.73 Å². The zero-order valence-corrected chi connectivity index (χ0v) is 12.8. The van der Waals surface area contributed by atoms with E-state index in [2.05, 4.69) is 43.1 Å². The number of hydrogen-bond acceptors (Lipinski definition) is 2. The van der Waals surface area contributed by atoms with Crippen LogP contribution < -0.4 is 10.6 Å². The first-order chi connectivity index (χ1) is 9.67. The van der Waals surface area contributed by atoms with E-state index in [1.165, 1.54) is 5.56 Å². The summed E-state index contributed by atoms with van der Waals surface area (Å²) in [5, 5.41) is 0.764. The fourth-order valence-corrected chi connectivity index (χ4v) is 2.65. The van der Waals surface area contributed by atoms with Gasteiger partial charge < -0.3 is 10.6 Å². The van der Waals surface area contributed by atoms with Gasteiger partial charge in [-0.05, 0) is 35.7 Å². The second-order valence-electron chi connectivity index (χ2n) is 4.90. The quantitative estimate of drug-likeness (QED) is 0.900. The summed E-state index contributed by atoms with van der Waals surface area (Å²) < 4.78 is 0. The van der Waals surface area contributed by atoms with Crippen LogP contribution in [-0.4, -0.2) is 13.6 Å². The number of anilines is 1. The Morgan fingerprint density at radius 1 is 1.10 bits per heavy atom. The van der Waals surface area contributed by atoms with Crippen molar-refractivity contribution < 1.29 is 0 Å². The first kappa shape index (κ1) is 14.9. The van der Waals surface area contributed by atoms with E-state index in [0.29, 0.717) is 6.54 Å². The minimum Gasteiger partial charge on any atom is -0.366 e. The molecule has 2 aromatic carbocycles. The van der Waals surface area contributed by atoms with E-state index in [0.717, 1.165) is 22.7 Å². The van der Waals surface area contributed by atoms with Gasteiger partial charge in [-0.1, -0.05) is 48.9 Å². The number of nitrogens with zero attached hydrogens (tertiary/aromatic N) is 1. The van der Waals surface area contributed by atoms with E-state index in [-0.39, 0.29) is 6.04 Å². The van der Waals surface area contributed by atoms with Crippen LogP contribution in [0.3, 0.4) is 0 Å². The van der Waals surface area contributed by atoms with Crippen LogP contribution in [-0.2, 0) is 6.42 Å². The molecule has 1 unspecified atom stereocenters. The molecule has 0 aliphatic rings. The summed E-state index contributed by atoms with van der Waals surface area (Å²) in [5.74, 6) is 0. The predicted molar refractivity (Wildman–Crippen MR) is 87.5 cm³/mol. The molecular weight excluding hydrogens is 268 g/mol. The van der Waals surface area contributed by atoms with Gasteiger partial charge in [0.2, 0.25) is 0 Å². The Bertz CT molecular complexity index is 551. The summed E-state index contributed by atoms with van der Waals surface area (Å²) in [4.78, 5) is 2.18. The Morgan fingerprint density at radius 2 is 1.75 bits per heavy atom. The van der Waals surface area contributed by atoms with E-state index in [1.807, 2.05) is 24.3 Å². The van der Waals surface area contributed by atoms with Gasteiger partial charge >= 0.3 is 0 Å².